The van der Waals surface area contributed by atoms with E-state index in [1.807, 2.05) is 12.1 Å². The van der Waals surface area contributed by atoms with Crippen LogP contribution in [0.1, 0.15) is 0 Å². The van der Waals surface area contributed by atoms with Gasteiger partial charge in [-0.1, -0.05) is 15.9 Å². The van der Waals surface area contributed by atoms with E-state index in [2.05, 4.69) is 53.1 Å². The van der Waals surface area contributed by atoms with E-state index < -0.39 is 0 Å². The maximum absolute atomic E-state index is 12.0. The maximum atomic E-state index is 12.0. The summed E-state index contributed by atoms with van der Waals surface area (Å²) in [6.45, 7) is -0.0409. The number of nitrogens with one attached hydrogen (secondary N) is 1. The Morgan fingerprint density at radius 2 is 1.80 bits per heavy atom. The van der Waals surface area contributed by atoms with Crippen LogP contribution in [0.25, 0.3) is 0 Å². The molecule has 0 aliphatic carbocycles. The molecule has 104 valence electrons. The third-order valence-electron chi connectivity index (χ3n) is 2.47. The molecular weight excluding hydrogens is 456 g/mol. The second-order valence-corrected chi connectivity index (χ2v) is 6.67. The van der Waals surface area contributed by atoms with E-state index in [0.29, 0.717) is 5.69 Å². The average Bonchev–Trinajstić information content (AvgIpc) is 2.37. The first-order chi connectivity index (χ1) is 9.45. The Morgan fingerprint density at radius 1 is 1.10 bits per heavy atom. The van der Waals surface area contributed by atoms with Crippen molar-refractivity contribution in [3.63, 3.8) is 0 Å². The number of anilines is 1. The molecule has 20 heavy (non-hydrogen) atoms. The van der Waals surface area contributed by atoms with Gasteiger partial charge in [0.2, 0.25) is 5.91 Å². The van der Waals surface area contributed by atoms with E-state index in [1.54, 1.807) is 18.3 Å². The van der Waals surface area contributed by atoms with Gasteiger partial charge in [0.05, 0.1) is 5.69 Å². The lowest BCUT2D eigenvalue weighted by atomic mass is 10.3. The summed E-state index contributed by atoms with van der Waals surface area (Å²) in [5.74, 6) is -0.270. The van der Waals surface area contributed by atoms with E-state index in [-0.39, 0.29) is 18.0 Å². The minimum Gasteiger partial charge on any atom is -0.324 e. The third-order valence-corrected chi connectivity index (χ3v) is 4.08. The first-order valence-corrected chi connectivity index (χ1v) is 7.94. The van der Waals surface area contributed by atoms with Crippen molar-refractivity contribution >= 4 is 59.4 Å². The zero-order valence-corrected chi connectivity index (χ0v) is 14.8. The highest BCUT2D eigenvalue weighted by Crippen LogP contribution is 2.26. The van der Waals surface area contributed by atoms with Crippen molar-refractivity contribution in [2.45, 2.75) is 6.54 Å². The van der Waals surface area contributed by atoms with Gasteiger partial charge in [0.25, 0.3) is 5.56 Å². The van der Waals surface area contributed by atoms with Crippen LogP contribution in [0, 0.1) is 0 Å². The number of amides is 1. The van der Waals surface area contributed by atoms with Crippen molar-refractivity contribution in [2.75, 3.05) is 5.32 Å². The van der Waals surface area contributed by atoms with Crippen molar-refractivity contribution < 1.29 is 4.79 Å². The fraction of sp³-hybridized carbons (Fsp3) is 0.0769. The molecule has 1 N–H and O–H groups in total. The summed E-state index contributed by atoms with van der Waals surface area (Å²) in [6.07, 6.45) is 1.58. The van der Waals surface area contributed by atoms with Gasteiger partial charge in [-0.05, 0) is 56.1 Å². The molecule has 2 aromatic rings. The van der Waals surface area contributed by atoms with E-state index in [1.165, 1.54) is 10.6 Å². The summed E-state index contributed by atoms with van der Waals surface area (Å²) in [7, 11) is 0. The average molecular weight is 465 g/mol. The molecule has 0 fully saturated rings. The van der Waals surface area contributed by atoms with Crippen LogP contribution in [-0.2, 0) is 11.3 Å². The lowest BCUT2D eigenvalue weighted by Crippen LogP contribution is -2.26. The standard InChI is InChI=1S/C13H9Br3N2O2/c14-8-1-3-11(10(16)5-8)17-12(19)7-18-6-9(15)2-4-13(18)20/h1-6H,7H2,(H,17,19). The number of rotatable bonds is 3. The highest BCUT2D eigenvalue weighted by atomic mass is 79.9. The van der Waals surface area contributed by atoms with Gasteiger partial charge in [-0.2, -0.15) is 0 Å². The molecule has 1 aromatic carbocycles. The molecule has 0 spiro atoms. The number of pyridine rings is 1. The summed E-state index contributed by atoms with van der Waals surface area (Å²) in [5.41, 5.74) is 0.430. The summed E-state index contributed by atoms with van der Waals surface area (Å²) >= 11 is 9.98. The van der Waals surface area contributed by atoms with Crippen molar-refractivity contribution in [3.05, 3.63) is 60.3 Å². The minimum atomic E-state index is -0.270. The summed E-state index contributed by atoms with van der Waals surface area (Å²) in [6, 6.07) is 8.48. The van der Waals surface area contributed by atoms with Crippen LogP contribution < -0.4 is 10.9 Å². The highest BCUT2D eigenvalue weighted by Gasteiger charge is 2.08. The number of carbonyl (C=O) groups excluding carboxylic acids is 1. The molecule has 7 heteroatoms. The lowest BCUT2D eigenvalue weighted by molar-refractivity contribution is -0.116. The Kier molecular flexibility index (Phi) is 5.17. The van der Waals surface area contributed by atoms with E-state index in [0.717, 1.165) is 13.4 Å². The number of halogens is 3. The van der Waals surface area contributed by atoms with Gasteiger partial charge in [-0.25, -0.2) is 0 Å². The molecule has 1 amide bonds. The molecule has 0 unspecified atom stereocenters. The van der Waals surface area contributed by atoms with Gasteiger partial charge in [-0.15, -0.1) is 0 Å². The molecule has 0 atom stereocenters. The number of carbonyl (C=O) groups is 1. The molecule has 1 aromatic heterocycles. The number of nitrogens with zero attached hydrogens (tertiary/aromatic N) is 1. The zero-order chi connectivity index (χ0) is 14.7. The van der Waals surface area contributed by atoms with Gasteiger partial charge in [0.1, 0.15) is 6.54 Å². The van der Waals surface area contributed by atoms with E-state index >= 15 is 0 Å². The first-order valence-electron chi connectivity index (χ1n) is 5.56. The predicted octanol–water partition coefficient (Wildman–Crippen LogP) is 3.77. The Labute approximate surface area is 140 Å². The Balaban J connectivity index is 2.13. The Bertz CT molecular complexity index is 713. The molecule has 0 saturated heterocycles. The van der Waals surface area contributed by atoms with Crippen LogP contribution in [0.5, 0.6) is 0 Å². The smallest absolute Gasteiger partial charge is 0.251 e. The van der Waals surface area contributed by atoms with Gasteiger partial charge in [-0.3, -0.25) is 9.59 Å². The third kappa shape index (κ3) is 4.04. The second kappa shape index (κ2) is 6.69. The molecular formula is C13H9Br3N2O2. The van der Waals surface area contributed by atoms with E-state index in [9.17, 15) is 9.59 Å². The lowest BCUT2D eigenvalue weighted by Gasteiger charge is -2.09. The highest BCUT2D eigenvalue weighted by molar-refractivity contribution is 9.11. The van der Waals surface area contributed by atoms with Gasteiger partial charge in [0, 0.05) is 25.7 Å². The topological polar surface area (TPSA) is 51.1 Å². The van der Waals surface area contributed by atoms with Crippen LogP contribution in [0.15, 0.2) is 54.7 Å². The Hall–Kier alpha value is -0.920. The van der Waals surface area contributed by atoms with Crippen molar-refractivity contribution in [1.29, 1.82) is 0 Å². The monoisotopic (exact) mass is 462 g/mol. The molecule has 0 saturated carbocycles. The van der Waals surface area contributed by atoms with E-state index in [4.69, 9.17) is 0 Å². The van der Waals surface area contributed by atoms with Crippen LogP contribution >= 0.6 is 47.8 Å². The summed E-state index contributed by atoms with van der Waals surface area (Å²) in [5, 5.41) is 2.75. The molecule has 0 bridgehead atoms. The number of hydrogen-bond donors (Lipinski definition) is 1. The van der Waals surface area contributed by atoms with Gasteiger partial charge in [0.15, 0.2) is 0 Å². The zero-order valence-electron chi connectivity index (χ0n) is 10.1. The first kappa shape index (κ1) is 15.5. The molecule has 0 aliphatic rings. The number of hydrogen-bond acceptors (Lipinski definition) is 2. The molecule has 1 heterocycles. The molecule has 0 radical (unpaired) electrons. The molecule has 4 nitrogen and oxygen atoms in total. The fourth-order valence-electron chi connectivity index (χ4n) is 1.56. The van der Waals surface area contributed by atoms with Crippen molar-refractivity contribution in [1.82, 2.24) is 4.57 Å². The van der Waals surface area contributed by atoms with Gasteiger partial charge >= 0.3 is 0 Å². The van der Waals surface area contributed by atoms with Crippen LogP contribution in [-0.4, -0.2) is 10.5 Å². The number of aromatic nitrogens is 1. The van der Waals surface area contributed by atoms with Crippen molar-refractivity contribution in [2.24, 2.45) is 0 Å². The SMILES string of the molecule is O=C(Cn1cc(Br)ccc1=O)Nc1ccc(Br)cc1Br. The van der Waals surface area contributed by atoms with Crippen LogP contribution in [0.3, 0.4) is 0 Å². The number of benzene rings is 1. The maximum Gasteiger partial charge on any atom is 0.251 e. The predicted molar refractivity (Wildman–Crippen MR) is 88.9 cm³/mol. The summed E-state index contributed by atoms with van der Waals surface area (Å²) < 4.78 is 3.76. The van der Waals surface area contributed by atoms with Gasteiger partial charge < -0.3 is 9.88 Å². The van der Waals surface area contributed by atoms with Crippen LogP contribution in [0.2, 0.25) is 0 Å². The molecule has 2 rings (SSSR count). The largest absolute Gasteiger partial charge is 0.324 e. The quantitative estimate of drug-likeness (QED) is 0.751. The normalized spacial score (nSPS) is 10.3. The van der Waals surface area contributed by atoms with Crippen molar-refractivity contribution in [3.8, 4) is 0 Å². The minimum absolute atomic E-state index is 0.0409. The summed E-state index contributed by atoms with van der Waals surface area (Å²) in [4.78, 5) is 23.6. The van der Waals surface area contributed by atoms with Crippen LogP contribution in [0.4, 0.5) is 5.69 Å². The fourth-order valence-corrected chi connectivity index (χ4v) is 3.09. The Morgan fingerprint density at radius 3 is 2.50 bits per heavy atom. The molecule has 0 aliphatic heterocycles. The second-order valence-electron chi connectivity index (χ2n) is 3.99.